The zero-order chi connectivity index (χ0) is 29.7. The Kier molecular flexibility index (Phi) is 10.3. The number of hydrogen-bond acceptors (Lipinski definition) is 2. The van der Waals surface area contributed by atoms with Gasteiger partial charge in [0, 0.05) is 15.7 Å². The van der Waals surface area contributed by atoms with Gasteiger partial charge in [0.05, 0.1) is 26.4 Å². The molecule has 0 aliphatic carbocycles. The summed E-state index contributed by atoms with van der Waals surface area (Å²) in [6.45, 7) is 20.7. The van der Waals surface area contributed by atoms with E-state index >= 15 is 0 Å². The first kappa shape index (κ1) is 31.3. The minimum absolute atomic E-state index is 0.108. The second-order valence-corrected chi connectivity index (χ2v) is 22.7. The van der Waals surface area contributed by atoms with Crippen molar-refractivity contribution in [3.05, 3.63) is 107 Å². The largest absolute Gasteiger partial charge is 0.489 e. The van der Waals surface area contributed by atoms with Gasteiger partial charge in [0.2, 0.25) is 0 Å². The zero-order valence-electron chi connectivity index (χ0n) is 26.5. The van der Waals surface area contributed by atoms with Crippen LogP contribution in [-0.2, 0) is 18.6 Å². The van der Waals surface area contributed by atoms with Gasteiger partial charge in [-0.05, 0) is 43.0 Å². The molecule has 0 amide bonds. The van der Waals surface area contributed by atoms with E-state index in [-0.39, 0.29) is 5.41 Å². The van der Waals surface area contributed by atoms with Crippen LogP contribution in [0, 0.1) is 0 Å². The van der Waals surface area contributed by atoms with Crippen LogP contribution in [0.2, 0.25) is 39.3 Å². The van der Waals surface area contributed by atoms with Crippen molar-refractivity contribution in [1.82, 2.24) is 0 Å². The van der Waals surface area contributed by atoms with E-state index in [4.69, 9.17) is 9.47 Å². The highest BCUT2D eigenvalue weighted by Gasteiger charge is 2.29. The van der Waals surface area contributed by atoms with Crippen molar-refractivity contribution in [2.24, 2.45) is 0 Å². The van der Waals surface area contributed by atoms with Crippen molar-refractivity contribution < 1.29 is 9.47 Å². The molecule has 0 atom stereocenters. The summed E-state index contributed by atoms with van der Waals surface area (Å²) in [5.41, 5.74) is 5.18. The first-order valence-electron chi connectivity index (χ1n) is 15.2. The summed E-state index contributed by atoms with van der Waals surface area (Å²) in [7, 11) is -2.46. The maximum absolute atomic E-state index is 6.66. The van der Waals surface area contributed by atoms with Crippen molar-refractivity contribution in [3.63, 3.8) is 0 Å². The summed E-state index contributed by atoms with van der Waals surface area (Å²) < 4.78 is 13.2. The van der Waals surface area contributed by atoms with Gasteiger partial charge in [0.15, 0.2) is 0 Å². The molecule has 0 spiro atoms. The summed E-state index contributed by atoms with van der Waals surface area (Å²) in [6.07, 6.45) is 0. The van der Waals surface area contributed by atoms with E-state index in [9.17, 15) is 0 Å². The zero-order valence-corrected chi connectivity index (χ0v) is 32.0. The predicted octanol–water partition coefficient (Wildman–Crippen LogP) is 4.24. The number of benzene rings is 4. The lowest BCUT2D eigenvalue weighted by molar-refractivity contribution is 0.311. The van der Waals surface area contributed by atoms with Gasteiger partial charge in [-0.25, -0.2) is 0 Å². The molecule has 0 N–H and O–H groups in total. The molecule has 0 saturated heterocycles. The highest BCUT2D eigenvalue weighted by molar-refractivity contribution is 6.76. The molecule has 0 aromatic heterocycles. The lowest BCUT2D eigenvalue weighted by atomic mass is 9.78. The van der Waals surface area contributed by atoms with Gasteiger partial charge in [-0.3, -0.25) is 0 Å². The Balaban J connectivity index is 1.74. The second-order valence-electron chi connectivity index (χ2n) is 12.8. The van der Waals surface area contributed by atoms with Crippen LogP contribution in [0.3, 0.4) is 0 Å². The minimum Gasteiger partial charge on any atom is -0.489 e. The van der Waals surface area contributed by atoms with Crippen LogP contribution >= 0.6 is 0 Å². The van der Waals surface area contributed by atoms with Gasteiger partial charge >= 0.3 is 0 Å². The van der Waals surface area contributed by atoms with E-state index in [1.807, 2.05) is 0 Å². The van der Waals surface area contributed by atoms with E-state index < -0.39 is 26.4 Å². The standard InChI is InChI=1S/C35H48O2Si4/c1-35(2,27-19-29(38)33(30(20-27)39(3)4)36-23-25-15-11-9-12-16-25)28-21-31(40(5)6)34(32(22-28)41(7)8)37-24-26-17-13-10-14-18-26/h9-22,39-41H,23-24H2,1-8,38H3. The van der Waals surface area contributed by atoms with E-state index in [0.29, 0.717) is 13.2 Å². The molecule has 0 heterocycles. The van der Waals surface area contributed by atoms with Crippen LogP contribution < -0.4 is 30.2 Å². The third-order valence-corrected chi connectivity index (χ3v) is 14.0. The first-order chi connectivity index (χ1) is 19.5. The average molecular weight is 613 g/mol. The van der Waals surface area contributed by atoms with Gasteiger partial charge in [-0.15, -0.1) is 0 Å². The van der Waals surface area contributed by atoms with Gasteiger partial charge in [-0.1, -0.05) is 138 Å². The molecule has 0 aliphatic heterocycles. The molecule has 216 valence electrons. The van der Waals surface area contributed by atoms with Crippen LogP contribution in [0.4, 0.5) is 0 Å². The fourth-order valence-corrected chi connectivity index (χ4v) is 10.6. The molecule has 41 heavy (non-hydrogen) atoms. The lowest BCUT2D eigenvalue weighted by Gasteiger charge is -2.31. The Hall–Kier alpha value is -2.65. The van der Waals surface area contributed by atoms with Crippen LogP contribution in [0.1, 0.15) is 36.1 Å². The van der Waals surface area contributed by atoms with Gasteiger partial charge in [0.1, 0.15) is 24.7 Å². The van der Waals surface area contributed by atoms with Crippen LogP contribution in [-0.4, -0.2) is 36.6 Å². The summed E-state index contributed by atoms with van der Waals surface area (Å²) in [5, 5.41) is 5.77. The van der Waals surface area contributed by atoms with Crippen molar-refractivity contribution >= 4 is 57.4 Å². The Labute approximate surface area is 256 Å². The molecule has 4 aromatic rings. The fraction of sp³-hybridized carbons (Fsp3) is 0.314. The molecule has 0 aliphatic rings. The van der Waals surface area contributed by atoms with Gasteiger partial charge < -0.3 is 9.47 Å². The van der Waals surface area contributed by atoms with Gasteiger partial charge in [0.25, 0.3) is 0 Å². The smallest absolute Gasteiger partial charge is 0.117 e. The summed E-state index contributed by atoms with van der Waals surface area (Å²) >= 11 is 0. The molecule has 0 fully saturated rings. The average Bonchev–Trinajstić information content (AvgIpc) is 2.95. The first-order valence-corrected chi connectivity index (χ1v) is 24.8. The number of hydrogen-bond donors (Lipinski definition) is 0. The van der Waals surface area contributed by atoms with E-state index in [1.54, 1.807) is 0 Å². The predicted molar refractivity (Wildman–Crippen MR) is 192 cm³/mol. The number of rotatable bonds is 11. The fourth-order valence-electron chi connectivity index (χ4n) is 5.47. The monoisotopic (exact) mass is 612 g/mol. The van der Waals surface area contributed by atoms with Gasteiger partial charge in [-0.2, -0.15) is 0 Å². The Morgan fingerprint density at radius 2 is 0.927 bits per heavy atom. The molecule has 6 heteroatoms. The lowest BCUT2D eigenvalue weighted by Crippen LogP contribution is -2.38. The SMILES string of the molecule is C[SiH](C)c1cc(C(C)(C)c2cc([SiH](C)C)c(OCc3ccccc3)c([SiH](C)C)c2)cc([SiH3])c1OCc1ccccc1. The van der Waals surface area contributed by atoms with Crippen molar-refractivity contribution in [2.75, 3.05) is 0 Å². The molecule has 0 unspecified atom stereocenters. The highest BCUT2D eigenvalue weighted by Crippen LogP contribution is 2.32. The maximum Gasteiger partial charge on any atom is 0.117 e. The molecule has 0 bridgehead atoms. The maximum atomic E-state index is 6.66. The Bertz CT molecular complexity index is 1420. The molecule has 4 aromatic carbocycles. The molecular weight excluding hydrogens is 565 g/mol. The van der Waals surface area contributed by atoms with E-state index in [2.05, 4.69) is 138 Å². The van der Waals surface area contributed by atoms with Crippen LogP contribution in [0.5, 0.6) is 11.5 Å². The molecular formula is C35H48O2Si4. The third-order valence-electron chi connectivity index (χ3n) is 8.21. The molecule has 0 saturated carbocycles. The normalized spacial score (nSPS) is 12.0. The molecule has 0 radical (unpaired) electrons. The van der Waals surface area contributed by atoms with E-state index in [0.717, 1.165) is 16.0 Å². The van der Waals surface area contributed by atoms with Crippen molar-refractivity contribution in [2.45, 2.75) is 71.8 Å². The topological polar surface area (TPSA) is 18.5 Å². The van der Waals surface area contributed by atoms with Crippen LogP contribution in [0.25, 0.3) is 0 Å². The summed E-state index contributed by atoms with van der Waals surface area (Å²) in [5.74, 6) is 2.33. The molecule has 4 rings (SSSR count). The Morgan fingerprint density at radius 3 is 1.34 bits per heavy atom. The highest BCUT2D eigenvalue weighted by atomic mass is 28.3. The number of ether oxygens (including phenoxy) is 2. The third kappa shape index (κ3) is 7.41. The quantitative estimate of drug-likeness (QED) is 0.236. The van der Waals surface area contributed by atoms with E-state index in [1.165, 1.54) is 48.8 Å². The van der Waals surface area contributed by atoms with Crippen LogP contribution in [0.15, 0.2) is 84.9 Å². The van der Waals surface area contributed by atoms with Crippen molar-refractivity contribution in [3.8, 4) is 11.5 Å². The summed E-state index contributed by atoms with van der Waals surface area (Å²) in [4.78, 5) is 0. The van der Waals surface area contributed by atoms with Crippen molar-refractivity contribution in [1.29, 1.82) is 0 Å². The Morgan fingerprint density at radius 1 is 0.561 bits per heavy atom. The second kappa shape index (κ2) is 13.5. The summed E-state index contributed by atoms with van der Waals surface area (Å²) in [6, 6.07) is 31.0. The minimum atomic E-state index is -1.15. The molecule has 2 nitrogen and oxygen atoms in total.